The molecule has 0 spiro atoms. The number of halogens is 5. The van der Waals surface area contributed by atoms with Gasteiger partial charge in [0.05, 0.1) is 22.9 Å². The third kappa shape index (κ3) is 4.70. The van der Waals surface area contributed by atoms with Crippen LogP contribution in [0.15, 0.2) is 6.07 Å². The number of carbonyl (C=O) groups excluding carboxylic acids is 1. The second-order valence-electron chi connectivity index (χ2n) is 7.61. The van der Waals surface area contributed by atoms with Gasteiger partial charge in [-0.2, -0.15) is 13.2 Å². The second-order valence-corrected chi connectivity index (χ2v) is 7.61. The molecule has 3 rings (SSSR count). The first-order valence-corrected chi connectivity index (χ1v) is 9.32. The van der Waals surface area contributed by atoms with Gasteiger partial charge in [-0.25, -0.2) is 13.8 Å². The number of nitrogen functional groups attached to an aromatic ring is 1. The maximum atomic E-state index is 13.6. The van der Waals surface area contributed by atoms with E-state index < -0.39 is 59.4 Å². The minimum Gasteiger partial charge on any atom is -0.378 e. The van der Waals surface area contributed by atoms with Crippen molar-refractivity contribution < 1.29 is 31.7 Å². The first-order chi connectivity index (χ1) is 13.9. The highest BCUT2D eigenvalue weighted by atomic mass is 19.4. The molecule has 30 heavy (non-hydrogen) atoms. The Bertz CT molecular complexity index is 840. The van der Waals surface area contributed by atoms with Crippen LogP contribution >= 0.6 is 0 Å². The van der Waals surface area contributed by atoms with Gasteiger partial charge in [0.1, 0.15) is 5.82 Å². The van der Waals surface area contributed by atoms with Gasteiger partial charge in [-0.05, 0) is 25.7 Å². The maximum Gasteiger partial charge on any atom is 0.391 e. The Labute approximate surface area is 167 Å². The van der Waals surface area contributed by atoms with Gasteiger partial charge in [-0.1, -0.05) is 0 Å². The van der Waals surface area contributed by atoms with Gasteiger partial charge in [-0.15, -0.1) is 0 Å². The molecule has 8 nitrogen and oxygen atoms in total. The Hall–Kier alpha value is -2.73. The van der Waals surface area contributed by atoms with Crippen molar-refractivity contribution in [3.8, 4) is 0 Å². The normalized spacial score (nSPS) is 24.0. The van der Waals surface area contributed by atoms with E-state index in [0.29, 0.717) is 0 Å². The van der Waals surface area contributed by atoms with E-state index in [1.165, 1.54) is 0 Å². The molecule has 1 aromatic rings. The van der Waals surface area contributed by atoms with Gasteiger partial charge in [0.25, 0.3) is 11.8 Å². The number of pyridine rings is 1. The molecule has 3 N–H and O–H groups in total. The zero-order valence-electron chi connectivity index (χ0n) is 15.7. The smallest absolute Gasteiger partial charge is 0.378 e. The van der Waals surface area contributed by atoms with Crippen molar-refractivity contribution in [2.45, 2.75) is 50.2 Å². The lowest BCUT2D eigenvalue weighted by molar-refractivity contribution is -0.384. The van der Waals surface area contributed by atoms with E-state index >= 15 is 0 Å². The molecular weight excluding hydrogens is 417 g/mol. The summed E-state index contributed by atoms with van der Waals surface area (Å²) in [7, 11) is 0. The summed E-state index contributed by atoms with van der Waals surface area (Å²) in [6, 6.07) is 0.297. The second kappa shape index (κ2) is 7.84. The average molecular weight is 437 g/mol. The predicted octanol–water partition coefficient (Wildman–Crippen LogP) is 3.27. The molecule has 1 amide bonds. The highest BCUT2D eigenvalue weighted by molar-refractivity contribution is 6.00. The lowest BCUT2D eigenvalue weighted by atomic mass is 9.85. The van der Waals surface area contributed by atoms with Gasteiger partial charge < -0.3 is 16.0 Å². The number of nitro groups is 1. The Kier molecular flexibility index (Phi) is 5.74. The fraction of sp³-hybridized carbons (Fsp3) is 0.647. The number of anilines is 2. The van der Waals surface area contributed by atoms with Crippen LogP contribution in [-0.4, -0.2) is 47.0 Å². The van der Waals surface area contributed by atoms with Gasteiger partial charge in [0.2, 0.25) is 5.82 Å². The first-order valence-electron chi connectivity index (χ1n) is 9.32. The molecule has 1 aliphatic heterocycles. The van der Waals surface area contributed by atoms with Crippen molar-refractivity contribution in [1.82, 2.24) is 10.3 Å². The van der Waals surface area contributed by atoms with Crippen LogP contribution in [0.2, 0.25) is 0 Å². The summed E-state index contributed by atoms with van der Waals surface area (Å²) in [6.45, 7) is -0.859. The first kappa shape index (κ1) is 22.0. The van der Waals surface area contributed by atoms with Gasteiger partial charge in [-0.3, -0.25) is 14.9 Å². The van der Waals surface area contributed by atoms with Crippen molar-refractivity contribution in [3.63, 3.8) is 0 Å². The molecule has 0 aromatic carbocycles. The number of nitrogens with zero attached hydrogens (tertiary/aromatic N) is 3. The van der Waals surface area contributed by atoms with Crippen LogP contribution in [0, 0.1) is 16.0 Å². The van der Waals surface area contributed by atoms with E-state index in [4.69, 9.17) is 5.73 Å². The Balaban J connectivity index is 1.82. The summed E-state index contributed by atoms with van der Waals surface area (Å²) in [4.78, 5) is 28.0. The summed E-state index contributed by atoms with van der Waals surface area (Å²) >= 11 is 0. The summed E-state index contributed by atoms with van der Waals surface area (Å²) in [5.74, 6) is -6.01. The number of amides is 1. The maximum absolute atomic E-state index is 13.6. The molecule has 1 aromatic heterocycles. The minimum atomic E-state index is -4.30. The molecule has 0 unspecified atom stereocenters. The molecule has 2 fully saturated rings. The standard InChI is InChI=1S/C17H20F5N5O3/c18-16(19)5-6-26(8-16)14-11(7-12(27(29)30)13(23)25-14)15(28)24-10-3-1-9(2-4-10)17(20,21)22/h7,9-10H,1-6,8H2,(H2,23,25)(H,24,28). The minimum absolute atomic E-state index is 0.0809. The molecule has 2 aliphatic rings. The highest BCUT2D eigenvalue weighted by Gasteiger charge is 2.43. The number of hydrogen-bond donors (Lipinski definition) is 2. The van der Waals surface area contributed by atoms with Crippen molar-refractivity contribution in [2.75, 3.05) is 23.7 Å². The molecule has 1 saturated heterocycles. The van der Waals surface area contributed by atoms with Crippen molar-refractivity contribution in [3.05, 3.63) is 21.7 Å². The molecule has 166 valence electrons. The number of nitrogens with two attached hydrogens (primary N) is 1. The van der Waals surface area contributed by atoms with Gasteiger partial charge in [0.15, 0.2) is 0 Å². The topological polar surface area (TPSA) is 114 Å². The average Bonchev–Trinajstić information content (AvgIpc) is 3.00. The van der Waals surface area contributed by atoms with Crippen LogP contribution in [0.5, 0.6) is 0 Å². The van der Waals surface area contributed by atoms with E-state index in [0.717, 1.165) is 11.0 Å². The summed E-state index contributed by atoms with van der Waals surface area (Å²) in [5.41, 5.74) is 4.59. The van der Waals surface area contributed by atoms with E-state index in [1.54, 1.807) is 0 Å². The number of nitrogens with one attached hydrogen (secondary N) is 1. The fourth-order valence-corrected chi connectivity index (χ4v) is 3.81. The largest absolute Gasteiger partial charge is 0.391 e. The number of hydrogen-bond acceptors (Lipinski definition) is 6. The van der Waals surface area contributed by atoms with Crippen molar-refractivity contribution >= 4 is 23.2 Å². The molecule has 0 bridgehead atoms. The molecule has 0 atom stereocenters. The zero-order valence-corrected chi connectivity index (χ0v) is 15.7. The third-order valence-corrected chi connectivity index (χ3v) is 5.45. The SMILES string of the molecule is Nc1nc(N2CCC(F)(F)C2)c(C(=O)NC2CCC(C(F)(F)F)CC2)cc1[N+](=O)[O-]. The summed E-state index contributed by atoms with van der Waals surface area (Å²) in [6.07, 6.45) is -4.92. The van der Waals surface area contributed by atoms with E-state index in [9.17, 15) is 36.9 Å². The van der Waals surface area contributed by atoms with E-state index in [1.807, 2.05) is 0 Å². The Morgan fingerprint density at radius 3 is 2.43 bits per heavy atom. The lowest BCUT2D eigenvalue weighted by Crippen LogP contribution is -2.40. The summed E-state index contributed by atoms with van der Waals surface area (Å²) in [5, 5.41) is 13.7. The zero-order chi connectivity index (χ0) is 22.3. The summed E-state index contributed by atoms with van der Waals surface area (Å²) < 4.78 is 65.7. The monoisotopic (exact) mass is 437 g/mol. The van der Waals surface area contributed by atoms with Crippen LogP contribution in [-0.2, 0) is 0 Å². The number of aromatic nitrogens is 1. The Morgan fingerprint density at radius 1 is 1.30 bits per heavy atom. The molecule has 2 heterocycles. The van der Waals surface area contributed by atoms with Crippen molar-refractivity contribution in [1.29, 1.82) is 0 Å². The molecule has 1 saturated carbocycles. The highest BCUT2D eigenvalue weighted by Crippen LogP contribution is 2.38. The third-order valence-electron chi connectivity index (χ3n) is 5.45. The molecule has 1 aliphatic carbocycles. The molecular formula is C17H20F5N5O3. The van der Waals surface area contributed by atoms with Crippen LogP contribution in [0.3, 0.4) is 0 Å². The Morgan fingerprint density at radius 2 is 1.93 bits per heavy atom. The number of alkyl halides is 5. The van der Waals surface area contributed by atoms with Gasteiger partial charge in [0, 0.05) is 25.1 Å². The van der Waals surface area contributed by atoms with Gasteiger partial charge >= 0.3 is 11.9 Å². The molecule has 0 radical (unpaired) electrons. The van der Waals surface area contributed by atoms with Crippen LogP contribution in [0.1, 0.15) is 42.5 Å². The molecule has 13 heteroatoms. The van der Waals surface area contributed by atoms with E-state index in [-0.39, 0.29) is 43.6 Å². The quantitative estimate of drug-likeness (QED) is 0.425. The number of carbonyl (C=O) groups is 1. The van der Waals surface area contributed by atoms with Crippen LogP contribution < -0.4 is 16.0 Å². The van der Waals surface area contributed by atoms with E-state index in [2.05, 4.69) is 10.3 Å². The fourth-order valence-electron chi connectivity index (χ4n) is 3.81. The van der Waals surface area contributed by atoms with Crippen LogP contribution in [0.4, 0.5) is 39.3 Å². The lowest BCUT2D eigenvalue weighted by Gasteiger charge is -2.30. The van der Waals surface area contributed by atoms with Crippen molar-refractivity contribution in [2.24, 2.45) is 5.92 Å². The van der Waals surface area contributed by atoms with Crippen LogP contribution in [0.25, 0.3) is 0 Å². The predicted molar refractivity (Wildman–Crippen MR) is 96.3 cm³/mol. The number of rotatable bonds is 4.